The van der Waals surface area contributed by atoms with Gasteiger partial charge in [-0.15, -0.1) is 10.2 Å². The molecule has 0 saturated heterocycles. The number of hydrogen-bond donors (Lipinski definition) is 1. The third-order valence-corrected chi connectivity index (χ3v) is 4.66. The van der Waals surface area contributed by atoms with E-state index in [-0.39, 0.29) is 5.75 Å². The first-order valence-electron chi connectivity index (χ1n) is 6.91. The van der Waals surface area contributed by atoms with Crippen molar-refractivity contribution in [1.29, 1.82) is 0 Å². The molecule has 0 unspecified atom stereocenters. The molecule has 2 rings (SSSR count). The van der Waals surface area contributed by atoms with Crippen LogP contribution in [0.1, 0.15) is 44.3 Å². The van der Waals surface area contributed by atoms with E-state index in [0.29, 0.717) is 0 Å². The summed E-state index contributed by atoms with van der Waals surface area (Å²) in [5.41, 5.74) is 0. The number of thioether (sulfide) groups is 1. The average Bonchev–Trinajstić information content (AvgIpc) is 2.76. The highest BCUT2D eigenvalue weighted by Crippen LogP contribution is 2.27. The molecule has 1 aliphatic rings. The van der Waals surface area contributed by atoms with Gasteiger partial charge in [0.2, 0.25) is 0 Å². The Morgan fingerprint density at radius 3 is 2.79 bits per heavy atom. The van der Waals surface area contributed by atoms with Crippen molar-refractivity contribution in [1.82, 2.24) is 14.8 Å². The fourth-order valence-electron chi connectivity index (χ4n) is 2.64. The van der Waals surface area contributed by atoms with E-state index >= 15 is 0 Å². The van der Waals surface area contributed by atoms with Crippen LogP contribution in [0, 0.1) is 12.8 Å². The zero-order valence-electron chi connectivity index (χ0n) is 11.3. The molecule has 1 fully saturated rings. The van der Waals surface area contributed by atoms with Crippen molar-refractivity contribution in [2.24, 2.45) is 5.92 Å². The number of carbonyl (C=O) groups is 1. The second-order valence-electron chi connectivity index (χ2n) is 5.16. The standard InChI is InChI=1S/C13H21N3O2S/c1-10-14-15-13(19-9-12(17)18)16(10)8-7-11-5-3-2-4-6-11/h11H,2-9H2,1H3,(H,17,18). The predicted octanol–water partition coefficient (Wildman–Crippen LogP) is 2.73. The number of carboxylic acids is 1. The van der Waals surface area contributed by atoms with E-state index in [4.69, 9.17) is 5.11 Å². The Balaban J connectivity index is 1.90. The van der Waals surface area contributed by atoms with Crippen LogP contribution in [0.3, 0.4) is 0 Å². The van der Waals surface area contributed by atoms with Crippen molar-refractivity contribution in [2.45, 2.75) is 57.1 Å². The molecule has 0 spiro atoms. The molecule has 19 heavy (non-hydrogen) atoms. The summed E-state index contributed by atoms with van der Waals surface area (Å²) in [6, 6.07) is 0. The molecule has 6 heteroatoms. The van der Waals surface area contributed by atoms with Crippen LogP contribution in [0.15, 0.2) is 5.16 Å². The molecule has 0 aromatic carbocycles. The van der Waals surface area contributed by atoms with E-state index in [0.717, 1.165) is 29.9 Å². The summed E-state index contributed by atoms with van der Waals surface area (Å²) in [4.78, 5) is 10.6. The van der Waals surface area contributed by atoms with Crippen molar-refractivity contribution < 1.29 is 9.90 Å². The second-order valence-corrected chi connectivity index (χ2v) is 6.10. The van der Waals surface area contributed by atoms with Crippen LogP contribution in [0.4, 0.5) is 0 Å². The summed E-state index contributed by atoms with van der Waals surface area (Å²) in [7, 11) is 0. The van der Waals surface area contributed by atoms with Crippen LogP contribution in [0.5, 0.6) is 0 Å². The van der Waals surface area contributed by atoms with Crippen molar-refractivity contribution in [2.75, 3.05) is 5.75 Å². The van der Waals surface area contributed by atoms with Crippen molar-refractivity contribution in [3.05, 3.63) is 5.82 Å². The normalized spacial score (nSPS) is 16.7. The fraction of sp³-hybridized carbons (Fsp3) is 0.769. The van der Waals surface area contributed by atoms with Crippen molar-refractivity contribution >= 4 is 17.7 Å². The van der Waals surface area contributed by atoms with Crippen LogP contribution in [0.25, 0.3) is 0 Å². The Bertz CT molecular complexity index is 428. The van der Waals surface area contributed by atoms with Crippen LogP contribution in [-0.2, 0) is 11.3 Å². The summed E-state index contributed by atoms with van der Waals surface area (Å²) >= 11 is 1.25. The molecule has 1 aliphatic carbocycles. The molecule has 0 bridgehead atoms. The topological polar surface area (TPSA) is 68.0 Å². The van der Waals surface area contributed by atoms with Gasteiger partial charge in [0.25, 0.3) is 0 Å². The van der Waals surface area contributed by atoms with E-state index in [9.17, 15) is 4.79 Å². The Morgan fingerprint density at radius 1 is 1.37 bits per heavy atom. The van der Waals surface area contributed by atoms with Crippen LogP contribution >= 0.6 is 11.8 Å². The number of carboxylic acid groups (broad SMARTS) is 1. The van der Waals surface area contributed by atoms with Gasteiger partial charge >= 0.3 is 5.97 Å². The maximum atomic E-state index is 10.6. The molecule has 1 aromatic rings. The molecule has 0 amide bonds. The number of rotatable bonds is 6. The highest BCUT2D eigenvalue weighted by atomic mass is 32.2. The average molecular weight is 283 g/mol. The Labute approximate surface area is 117 Å². The zero-order chi connectivity index (χ0) is 13.7. The third kappa shape index (κ3) is 4.23. The van der Waals surface area contributed by atoms with Gasteiger partial charge in [-0.1, -0.05) is 43.9 Å². The SMILES string of the molecule is Cc1nnc(SCC(=O)O)n1CCC1CCCCC1. The molecule has 0 aliphatic heterocycles. The van der Waals surface area contributed by atoms with Crippen molar-refractivity contribution in [3.63, 3.8) is 0 Å². The number of aromatic nitrogens is 3. The minimum atomic E-state index is -0.815. The van der Waals surface area contributed by atoms with E-state index in [1.54, 1.807) is 0 Å². The third-order valence-electron chi connectivity index (χ3n) is 3.71. The van der Waals surface area contributed by atoms with Crippen LogP contribution in [-0.4, -0.2) is 31.6 Å². The van der Waals surface area contributed by atoms with Gasteiger partial charge in [0, 0.05) is 6.54 Å². The van der Waals surface area contributed by atoms with Crippen LogP contribution < -0.4 is 0 Å². The first-order chi connectivity index (χ1) is 9.16. The van der Waals surface area contributed by atoms with Gasteiger partial charge in [-0.2, -0.15) is 0 Å². The molecule has 1 saturated carbocycles. The lowest BCUT2D eigenvalue weighted by molar-refractivity contribution is -0.133. The monoisotopic (exact) mass is 283 g/mol. The van der Waals surface area contributed by atoms with E-state index < -0.39 is 5.97 Å². The van der Waals surface area contributed by atoms with Gasteiger partial charge in [0.15, 0.2) is 5.16 Å². The van der Waals surface area contributed by atoms with Gasteiger partial charge in [0.05, 0.1) is 5.75 Å². The molecule has 1 N–H and O–H groups in total. The smallest absolute Gasteiger partial charge is 0.313 e. The lowest BCUT2D eigenvalue weighted by Crippen LogP contribution is -2.12. The second kappa shape index (κ2) is 6.93. The molecule has 0 atom stereocenters. The number of aliphatic carboxylic acids is 1. The van der Waals surface area contributed by atoms with E-state index in [2.05, 4.69) is 14.8 Å². The highest BCUT2D eigenvalue weighted by molar-refractivity contribution is 7.99. The number of hydrogen-bond acceptors (Lipinski definition) is 4. The Hall–Kier alpha value is -1.04. The largest absolute Gasteiger partial charge is 0.481 e. The maximum Gasteiger partial charge on any atom is 0.313 e. The summed E-state index contributed by atoms with van der Waals surface area (Å²) in [6.45, 7) is 2.84. The summed E-state index contributed by atoms with van der Waals surface area (Å²) < 4.78 is 2.06. The minimum Gasteiger partial charge on any atom is -0.481 e. The van der Waals surface area contributed by atoms with Gasteiger partial charge in [0.1, 0.15) is 5.82 Å². The maximum absolute atomic E-state index is 10.6. The minimum absolute atomic E-state index is 0.0432. The Morgan fingerprint density at radius 2 is 2.11 bits per heavy atom. The molecular formula is C13H21N3O2S. The summed E-state index contributed by atoms with van der Waals surface area (Å²) in [5.74, 6) is 0.919. The lowest BCUT2D eigenvalue weighted by Gasteiger charge is -2.21. The summed E-state index contributed by atoms with van der Waals surface area (Å²) in [5, 5.41) is 17.6. The van der Waals surface area contributed by atoms with Gasteiger partial charge < -0.3 is 9.67 Å². The van der Waals surface area contributed by atoms with Crippen molar-refractivity contribution in [3.8, 4) is 0 Å². The van der Waals surface area contributed by atoms with E-state index in [1.165, 1.54) is 43.9 Å². The van der Waals surface area contributed by atoms with Gasteiger partial charge in [-0.05, 0) is 19.3 Å². The summed E-state index contributed by atoms with van der Waals surface area (Å²) in [6.07, 6.45) is 7.90. The molecule has 1 heterocycles. The highest BCUT2D eigenvalue weighted by Gasteiger charge is 2.16. The van der Waals surface area contributed by atoms with Gasteiger partial charge in [-0.3, -0.25) is 4.79 Å². The van der Waals surface area contributed by atoms with Gasteiger partial charge in [-0.25, -0.2) is 0 Å². The molecule has 0 radical (unpaired) electrons. The molecule has 1 aromatic heterocycles. The Kier molecular flexibility index (Phi) is 5.24. The van der Waals surface area contributed by atoms with Crippen LogP contribution in [0.2, 0.25) is 0 Å². The fourth-order valence-corrected chi connectivity index (χ4v) is 3.37. The molecule has 106 valence electrons. The number of nitrogens with zero attached hydrogens (tertiary/aromatic N) is 3. The lowest BCUT2D eigenvalue weighted by atomic mass is 9.87. The predicted molar refractivity (Wildman–Crippen MR) is 74.3 cm³/mol. The quantitative estimate of drug-likeness (QED) is 0.813. The first-order valence-corrected chi connectivity index (χ1v) is 7.90. The zero-order valence-corrected chi connectivity index (χ0v) is 12.2. The number of aryl methyl sites for hydroxylation is 1. The first kappa shape index (κ1) is 14.4. The molecule has 5 nitrogen and oxygen atoms in total. The molecular weight excluding hydrogens is 262 g/mol. The van der Waals surface area contributed by atoms with E-state index in [1.807, 2.05) is 6.92 Å².